The maximum atomic E-state index is 11.5. The van der Waals surface area contributed by atoms with Crippen LogP contribution >= 0.6 is 0 Å². The molecule has 1 unspecified atom stereocenters. The fourth-order valence-corrected chi connectivity index (χ4v) is 2.74. The highest BCUT2D eigenvalue weighted by Crippen LogP contribution is 2.33. The normalized spacial score (nSPS) is 22.4. The molecule has 1 aliphatic rings. The highest BCUT2D eigenvalue weighted by atomic mass is 16.6. The maximum Gasteiger partial charge on any atom is 0.310 e. The summed E-state index contributed by atoms with van der Waals surface area (Å²) in [6, 6.07) is 6.53. The number of para-hydroxylation sites is 1. The number of carboxylic acid groups (broad SMARTS) is 1. The third-order valence-electron chi connectivity index (χ3n) is 3.99. The largest absolute Gasteiger partial charge is 0.481 e. The molecule has 0 spiro atoms. The van der Waals surface area contributed by atoms with E-state index < -0.39 is 16.3 Å². The minimum atomic E-state index is -0.816. The van der Waals surface area contributed by atoms with Crippen LogP contribution in [0.3, 0.4) is 0 Å². The van der Waals surface area contributed by atoms with Crippen LogP contribution in [-0.4, -0.2) is 29.1 Å². The number of nitro benzene ring substituents is 1. The van der Waals surface area contributed by atoms with Gasteiger partial charge in [0.15, 0.2) is 0 Å². The van der Waals surface area contributed by atoms with Gasteiger partial charge in [-0.1, -0.05) is 18.2 Å². The van der Waals surface area contributed by atoms with E-state index in [-0.39, 0.29) is 5.69 Å². The van der Waals surface area contributed by atoms with E-state index in [4.69, 9.17) is 0 Å². The minimum absolute atomic E-state index is 0.0665. The van der Waals surface area contributed by atoms with Crippen LogP contribution in [0.15, 0.2) is 24.3 Å². The molecule has 0 bridgehead atoms. The molecular weight excluding hydrogens is 260 g/mol. The van der Waals surface area contributed by atoms with E-state index in [9.17, 15) is 20.0 Å². The maximum absolute atomic E-state index is 11.5. The van der Waals surface area contributed by atoms with Crippen molar-refractivity contribution in [2.45, 2.75) is 25.7 Å². The van der Waals surface area contributed by atoms with Crippen molar-refractivity contribution in [3.8, 4) is 0 Å². The Labute approximate surface area is 117 Å². The molecule has 1 fully saturated rings. The summed E-state index contributed by atoms with van der Waals surface area (Å²) in [6.45, 7) is 1.27. The van der Waals surface area contributed by atoms with Crippen LogP contribution < -0.4 is 5.32 Å². The minimum Gasteiger partial charge on any atom is -0.481 e. The van der Waals surface area contributed by atoms with E-state index in [2.05, 4.69) is 5.32 Å². The molecule has 1 aromatic carbocycles. The second-order valence-corrected chi connectivity index (χ2v) is 5.25. The van der Waals surface area contributed by atoms with Crippen molar-refractivity contribution in [3.63, 3.8) is 0 Å². The summed E-state index contributed by atoms with van der Waals surface area (Å²) < 4.78 is 0. The van der Waals surface area contributed by atoms with Gasteiger partial charge in [-0.3, -0.25) is 14.9 Å². The molecule has 20 heavy (non-hydrogen) atoms. The average molecular weight is 278 g/mol. The van der Waals surface area contributed by atoms with E-state index in [1.807, 2.05) is 0 Å². The summed E-state index contributed by atoms with van der Waals surface area (Å²) in [5.74, 6) is -0.816. The summed E-state index contributed by atoms with van der Waals surface area (Å²) in [5, 5.41) is 23.6. The second kappa shape index (κ2) is 6.00. The Balaban J connectivity index is 2.14. The van der Waals surface area contributed by atoms with Gasteiger partial charge in [-0.05, 0) is 32.2 Å². The van der Waals surface area contributed by atoms with E-state index in [0.717, 1.165) is 13.0 Å². The van der Waals surface area contributed by atoms with Crippen molar-refractivity contribution in [2.75, 3.05) is 13.1 Å². The quantitative estimate of drug-likeness (QED) is 0.634. The van der Waals surface area contributed by atoms with Crippen molar-refractivity contribution in [3.05, 3.63) is 39.9 Å². The van der Waals surface area contributed by atoms with E-state index >= 15 is 0 Å². The molecule has 0 amide bonds. The van der Waals surface area contributed by atoms with Gasteiger partial charge in [0.1, 0.15) is 0 Å². The number of carboxylic acids is 1. The Morgan fingerprint density at radius 2 is 2.20 bits per heavy atom. The predicted molar refractivity (Wildman–Crippen MR) is 73.6 cm³/mol. The Morgan fingerprint density at radius 1 is 1.45 bits per heavy atom. The highest BCUT2D eigenvalue weighted by molar-refractivity contribution is 5.75. The van der Waals surface area contributed by atoms with Crippen molar-refractivity contribution in [1.82, 2.24) is 5.32 Å². The molecule has 1 aliphatic heterocycles. The zero-order valence-corrected chi connectivity index (χ0v) is 11.2. The Morgan fingerprint density at radius 3 is 2.80 bits per heavy atom. The number of piperidine rings is 1. The van der Waals surface area contributed by atoms with Crippen molar-refractivity contribution in [1.29, 1.82) is 0 Å². The van der Waals surface area contributed by atoms with Crippen LogP contribution in [0.25, 0.3) is 0 Å². The summed E-state index contributed by atoms with van der Waals surface area (Å²) in [6.07, 6.45) is 2.27. The van der Waals surface area contributed by atoms with Crippen LogP contribution in [0.1, 0.15) is 24.8 Å². The molecule has 0 saturated carbocycles. The van der Waals surface area contributed by atoms with Crippen LogP contribution in [0.2, 0.25) is 0 Å². The van der Waals surface area contributed by atoms with Crippen molar-refractivity contribution < 1.29 is 14.8 Å². The number of benzene rings is 1. The molecule has 1 atom stereocenters. The number of nitrogens with zero attached hydrogens (tertiary/aromatic N) is 1. The van der Waals surface area contributed by atoms with Crippen LogP contribution in [-0.2, 0) is 11.2 Å². The van der Waals surface area contributed by atoms with E-state index in [1.54, 1.807) is 18.2 Å². The Hall–Kier alpha value is -1.95. The second-order valence-electron chi connectivity index (χ2n) is 5.25. The van der Waals surface area contributed by atoms with Gasteiger partial charge < -0.3 is 10.4 Å². The lowest BCUT2D eigenvalue weighted by Gasteiger charge is -2.33. The molecule has 2 N–H and O–H groups in total. The molecule has 1 saturated heterocycles. The third kappa shape index (κ3) is 2.96. The van der Waals surface area contributed by atoms with E-state index in [0.29, 0.717) is 31.4 Å². The number of aliphatic carboxylic acids is 1. The van der Waals surface area contributed by atoms with Gasteiger partial charge in [-0.15, -0.1) is 0 Å². The van der Waals surface area contributed by atoms with Gasteiger partial charge in [-0.2, -0.15) is 0 Å². The molecular formula is C14H18N2O4. The summed E-state index contributed by atoms with van der Waals surface area (Å²) in [4.78, 5) is 22.1. The van der Waals surface area contributed by atoms with Gasteiger partial charge in [-0.25, -0.2) is 0 Å². The molecule has 1 heterocycles. The molecule has 2 rings (SSSR count). The molecule has 0 aromatic heterocycles. The van der Waals surface area contributed by atoms with Gasteiger partial charge in [0.05, 0.1) is 10.3 Å². The summed E-state index contributed by atoms with van der Waals surface area (Å²) >= 11 is 0. The SMILES string of the molecule is O=C(O)C1(CCc2ccccc2[N+](=O)[O-])CCCNC1. The predicted octanol–water partition coefficient (Wildman–Crippen LogP) is 1.98. The van der Waals surface area contributed by atoms with Crippen LogP contribution in [0, 0.1) is 15.5 Å². The first-order valence-electron chi connectivity index (χ1n) is 6.72. The fourth-order valence-electron chi connectivity index (χ4n) is 2.74. The topological polar surface area (TPSA) is 92.5 Å². The van der Waals surface area contributed by atoms with Crippen LogP contribution in [0.5, 0.6) is 0 Å². The summed E-state index contributed by atoms with van der Waals surface area (Å²) in [7, 11) is 0. The number of hydrogen-bond acceptors (Lipinski definition) is 4. The zero-order valence-electron chi connectivity index (χ0n) is 11.2. The average Bonchev–Trinajstić information content (AvgIpc) is 2.46. The first-order chi connectivity index (χ1) is 9.55. The molecule has 6 heteroatoms. The standard InChI is InChI=1S/C14H18N2O4/c17-13(18)14(7-3-9-15-10-14)8-6-11-4-1-2-5-12(11)16(19)20/h1-2,4-5,15H,3,6-10H2,(H,17,18). The zero-order chi connectivity index (χ0) is 14.6. The lowest BCUT2D eigenvalue weighted by Crippen LogP contribution is -2.45. The highest BCUT2D eigenvalue weighted by Gasteiger charge is 2.39. The molecule has 1 aromatic rings. The van der Waals surface area contributed by atoms with Gasteiger partial charge in [0, 0.05) is 18.2 Å². The molecule has 0 aliphatic carbocycles. The summed E-state index contributed by atoms with van der Waals surface area (Å²) in [5.41, 5.74) is -0.136. The van der Waals surface area contributed by atoms with Crippen molar-refractivity contribution in [2.24, 2.45) is 5.41 Å². The number of rotatable bonds is 5. The fraction of sp³-hybridized carbons (Fsp3) is 0.500. The van der Waals surface area contributed by atoms with Crippen molar-refractivity contribution >= 4 is 11.7 Å². The van der Waals surface area contributed by atoms with Gasteiger partial charge in [0.2, 0.25) is 0 Å². The monoisotopic (exact) mass is 278 g/mol. The number of carbonyl (C=O) groups is 1. The van der Waals surface area contributed by atoms with Gasteiger partial charge in [0.25, 0.3) is 5.69 Å². The Kier molecular flexibility index (Phi) is 4.34. The molecule has 6 nitrogen and oxygen atoms in total. The Bertz CT molecular complexity index is 510. The first-order valence-corrected chi connectivity index (χ1v) is 6.72. The number of aryl methyl sites for hydroxylation is 1. The first kappa shape index (κ1) is 14.5. The molecule has 108 valence electrons. The lowest BCUT2D eigenvalue weighted by molar-refractivity contribution is -0.385. The number of nitrogens with one attached hydrogen (secondary N) is 1. The number of hydrogen-bond donors (Lipinski definition) is 2. The van der Waals surface area contributed by atoms with Crippen LogP contribution in [0.4, 0.5) is 5.69 Å². The van der Waals surface area contributed by atoms with E-state index in [1.165, 1.54) is 6.07 Å². The van der Waals surface area contributed by atoms with Gasteiger partial charge >= 0.3 is 5.97 Å². The lowest BCUT2D eigenvalue weighted by atomic mass is 9.76. The molecule has 0 radical (unpaired) electrons. The number of nitro groups is 1. The third-order valence-corrected chi connectivity index (χ3v) is 3.99. The smallest absolute Gasteiger partial charge is 0.310 e.